The third-order valence-electron chi connectivity index (χ3n) is 1.62. The first-order valence-electron chi connectivity index (χ1n) is 4.48. The Morgan fingerprint density at radius 3 is 2.76 bits per heavy atom. The number of rotatable bonds is 7. The zero-order chi connectivity index (χ0) is 13.3. The Kier molecular flexibility index (Phi) is 6.63. The van der Waals surface area contributed by atoms with Gasteiger partial charge in [0, 0.05) is 6.54 Å². The van der Waals surface area contributed by atoms with Crippen molar-refractivity contribution in [3.05, 3.63) is 10.1 Å². The van der Waals surface area contributed by atoms with Crippen molar-refractivity contribution in [1.82, 2.24) is 5.43 Å². The van der Waals surface area contributed by atoms with E-state index in [9.17, 15) is 19.7 Å². The number of nitrogens with one attached hydrogen (secondary N) is 1. The maximum atomic E-state index is 10.5. The van der Waals surface area contributed by atoms with Crippen LogP contribution in [0.4, 0.5) is 0 Å². The fourth-order valence-corrected chi connectivity index (χ4v) is 0.920. The van der Waals surface area contributed by atoms with Crippen LogP contribution in [-0.4, -0.2) is 40.7 Å². The molecule has 0 unspecified atom stereocenters. The van der Waals surface area contributed by atoms with Crippen molar-refractivity contribution < 1.29 is 19.7 Å². The molecule has 4 N–H and O–H groups in total. The predicted molar refractivity (Wildman–Crippen MR) is 55.4 cm³/mol. The molecule has 0 aromatic carbocycles. The SMILES string of the molecule is NC(=NCCC[C@H](N=C=O)C(=O)O)N[N+](=O)[O-]. The van der Waals surface area contributed by atoms with E-state index in [4.69, 9.17) is 10.8 Å². The van der Waals surface area contributed by atoms with Crippen molar-refractivity contribution in [2.45, 2.75) is 18.9 Å². The highest BCUT2D eigenvalue weighted by Crippen LogP contribution is 2.01. The summed E-state index contributed by atoms with van der Waals surface area (Å²) in [4.78, 5) is 37.0. The van der Waals surface area contributed by atoms with E-state index in [2.05, 4.69) is 9.98 Å². The molecule has 0 fully saturated rings. The maximum absolute atomic E-state index is 10.5. The van der Waals surface area contributed by atoms with Crippen molar-refractivity contribution in [2.24, 2.45) is 15.7 Å². The smallest absolute Gasteiger partial charge is 0.329 e. The quantitative estimate of drug-likeness (QED) is 0.125. The van der Waals surface area contributed by atoms with Gasteiger partial charge in [-0.05, 0) is 12.8 Å². The largest absolute Gasteiger partial charge is 0.480 e. The molecular formula is C7H11N5O5. The number of aliphatic carboxylic acids is 1. The van der Waals surface area contributed by atoms with Crippen LogP contribution in [0.1, 0.15) is 12.8 Å². The van der Waals surface area contributed by atoms with Crippen LogP contribution in [0.2, 0.25) is 0 Å². The Labute approximate surface area is 95.3 Å². The molecule has 0 saturated carbocycles. The van der Waals surface area contributed by atoms with E-state index >= 15 is 0 Å². The van der Waals surface area contributed by atoms with E-state index in [1.54, 1.807) is 5.43 Å². The van der Waals surface area contributed by atoms with Crippen LogP contribution in [0.3, 0.4) is 0 Å². The fourth-order valence-electron chi connectivity index (χ4n) is 0.920. The molecule has 10 nitrogen and oxygen atoms in total. The van der Waals surface area contributed by atoms with Crippen LogP contribution in [0.25, 0.3) is 0 Å². The molecule has 0 bridgehead atoms. The number of carboxylic acids is 1. The van der Waals surface area contributed by atoms with E-state index in [-0.39, 0.29) is 25.3 Å². The number of hydrogen-bond acceptors (Lipinski definition) is 6. The Morgan fingerprint density at radius 2 is 2.29 bits per heavy atom. The van der Waals surface area contributed by atoms with Crippen LogP contribution in [0, 0.1) is 10.1 Å². The standard InChI is InChI=1S/C7H11N5O5/c8-7(11-12(16)17)9-3-1-2-5(6(14)15)10-4-13/h5H,1-3H2,(H,14,15)(H3,8,9,11)/t5-/m0/s1. The lowest BCUT2D eigenvalue weighted by atomic mass is 10.2. The van der Waals surface area contributed by atoms with Gasteiger partial charge in [-0.3, -0.25) is 0 Å². The summed E-state index contributed by atoms with van der Waals surface area (Å²) in [5.74, 6) is -1.62. The normalized spacial score (nSPS) is 12.4. The topological polar surface area (TPSA) is 160 Å². The molecule has 0 radical (unpaired) electrons. The van der Waals surface area contributed by atoms with Gasteiger partial charge in [0.25, 0.3) is 5.96 Å². The first-order chi connectivity index (χ1) is 7.97. The molecule has 10 heteroatoms. The summed E-state index contributed by atoms with van der Waals surface area (Å²) in [5.41, 5.74) is 6.73. The molecule has 0 aliphatic heterocycles. The second-order valence-electron chi connectivity index (χ2n) is 2.85. The van der Waals surface area contributed by atoms with Gasteiger partial charge in [-0.2, -0.15) is 4.99 Å². The lowest BCUT2D eigenvalue weighted by Crippen LogP contribution is -2.36. The fraction of sp³-hybridized carbons (Fsp3) is 0.571. The molecule has 0 amide bonds. The second kappa shape index (κ2) is 7.77. The molecule has 0 heterocycles. The molecule has 0 aromatic heterocycles. The highest BCUT2D eigenvalue weighted by molar-refractivity contribution is 5.76. The highest BCUT2D eigenvalue weighted by Gasteiger charge is 2.15. The van der Waals surface area contributed by atoms with Gasteiger partial charge in [-0.15, -0.1) is 0 Å². The van der Waals surface area contributed by atoms with Crippen molar-refractivity contribution in [3.8, 4) is 0 Å². The minimum Gasteiger partial charge on any atom is -0.480 e. The van der Waals surface area contributed by atoms with E-state index in [1.165, 1.54) is 0 Å². The van der Waals surface area contributed by atoms with Crippen molar-refractivity contribution >= 4 is 18.0 Å². The lowest BCUT2D eigenvalue weighted by molar-refractivity contribution is -0.525. The van der Waals surface area contributed by atoms with Crippen LogP contribution < -0.4 is 11.2 Å². The molecule has 1 atom stereocenters. The van der Waals surface area contributed by atoms with Crippen molar-refractivity contribution in [1.29, 1.82) is 0 Å². The average molecular weight is 245 g/mol. The Morgan fingerprint density at radius 1 is 1.65 bits per heavy atom. The Balaban J connectivity index is 4.01. The number of nitrogens with two attached hydrogens (primary N) is 1. The molecule has 94 valence electrons. The van der Waals surface area contributed by atoms with Crippen molar-refractivity contribution in [3.63, 3.8) is 0 Å². The number of carboxylic acid groups (broad SMARTS) is 1. The molecular weight excluding hydrogens is 234 g/mol. The maximum Gasteiger partial charge on any atom is 0.329 e. The molecule has 0 aromatic rings. The summed E-state index contributed by atoms with van der Waals surface area (Å²) in [6.45, 7) is 0.0881. The van der Waals surface area contributed by atoms with Crippen molar-refractivity contribution in [2.75, 3.05) is 6.54 Å². The Bertz CT molecular complexity index is 360. The predicted octanol–water partition coefficient (Wildman–Crippen LogP) is -1.35. The number of nitro groups is 1. The first kappa shape index (κ1) is 14.5. The van der Waals surface area contributed by atoms with Crippen LogP contribution >= 0.6 is 0 Å². The van der Waals surface area contributed by atoms with Crippen LogP contribution in [0.15, 0.2) is 9.98 Å². The van der Waals surface area contributed by atoms with E-state index in [0.717, 1.165) is 6.08 Å². The minimum atomic E-state index is -1.24. The van der Waals surface area contributed by atoms with Gasteiger partial charge < -0.3 is 10.8 Å². The molecule has 17 heavy (non-hydrogen) atoms. The van der Waals surface area contributed by atoms with Gasteiger partial charge in [0.1, 0.15) is 0 Å². The van der Waals surface area contributed by atoms with Gasteiger partial charge in [-0.25, -0.2) is 24.7 Å². The molecule has 0 aliphatic rings. The van der Waals surface area contributed by atoms with Gasteiger partial charge >= 0.3 is 5.97 Å². The average Bonchev–Trinajstić information content (AvgIpc) is 2.21. The Hall–Kier alpha value is -2.48. The first-order valence-corrected chi connectivity index (χ1v) is 4.48. The van der Waals surface area contributed by atoms with Gasteiger partial charge in [0.15, 0.2) is 11.1 Å². The summed E-state index contributed by atoms with van der Waals surface area (Å²) < 4.78 is 0. The summed E-state index contributed by atoms with van der Waals surface area (Å²) in [6, 6.07) is -1.17. The number of aliphatic imine (C=N–C) groups is 2. The number of isocyanates is 1. The number of carbonyl (C=O) groups excluding carboxylic acids is 1. The number of nitrogens with zero attached hydrogens (tertiary/aromatic N) is 3. The molecule has 0 saturated heterocycles. The highest BCUT2D eigenvalue weighted by atomic mass is 16.7. The number of guanidine groups is 1. The number of hydrogen-bond donors (Lipinski definition) is 3. The number of carbonyl (C=O) groups is 1. The van der Waals surface area contributed by atoms with Crippen LogP contribution in [0.5, 0.6) is 0 Å². The summed E-state index contributed by atoms with van der Waals surface area (Å²) in [7, 11) is 0. The number of hydrazine groups is 1. The van der Waals surface area contributed by atoms with Crippen LogP contribution in [-0.2, 0) is 9.59 Å². The van der Waals surface area contributed by atoms with E-state index in [1.807, 2.05) is 0 Å². The van der Waals surface area contributed by atoms with Gasteiger partial charge in [0.2, 0.25) is 6.08 Å². The van der Waals surface area contributed by atoms with Gasteiger partial charge in [0.05, 0.1) is 0 Å². The molecule has 0 spiro atoms. The molecule has 0 aliphatic carbocycles. The summed E-state index contributed by atoms with van der Waals surface area (Å²) >= 11 is 0. The zero-order valence-corrected chi connectivity index (χ0v) is 8.70. The van der Waals surface area contributed by atoms with E-state index in [0.29, 0.717) is 0 Å². The van der Waals surface area contributed by atoms with Gasteiger partial charge in [-0.1, -0.05) is 5.43 Å². The molecule has 0 rings (SSSR count). The lowest BCUT2D eigenvalue weighted by Gasteiger charge is -2.03. The second-order valence-corrected chi connectivity index (χ2v) is 2.85. The summed E-state index contributed by atoms with van der Waals surface area (Å²) in [6.07, 6.45) is 1.49. The third kappa shape index (κ3) is 7.45. The zero-order valence-electron chi connectivity index (χ0n) is 8.70. The third-order valence-corrected chi connectivity index (χ3v) is 1.62. The monoisotopic (exact) mass is 245 g/mol. The summed E-state index contributed by atoms with van der Waals surface area (Å²) in [5, 5.41) is 17.7. The minimum absolute atomic E-state index is 0.0693. The van der Waals surface area contributed by atoms with E-state index < -0.39 is 17.0 Å².